The second kappa shape index (κ2) is 5.07. The third kappa shape index (κ3) is 2.35. The van der Waals surface area contributed by atoms with E-state index in [1.165, 1.54) is 19.3 Å². The van der Waals surface area contributed by atoms with Crippen molar-refractivity contribution in [2.75, 3.05) is 0 Å². The topological polar surface area (TPSA) is 49.7 Å². The fourth-order valence-corrected chi connectivity index (χ4v) is 5.57. The number of hydrogen-bond donors (Lipinski definition) is 2. The average Bonchev–Trinajstić information content (AvgIpc) is 2.42. The van der Waals surface area contributed by atoms with Gasteiger partial charge < -0.3 is 14.9 Å². The van der Waals surface area contributed by atoms with E-state index in [-0.39, 0.29) is 17.1 Å². The van der Waals surface area contributed by atoms with Crippen molar-refractivity contribution < 1.29 is 14.9 Å². The molecule has 0 radical (unpaired) electrons. The van der Waals surface area contributed by atoms with Crippen LogP contribution in [0.5, 0.6) is 17.2 Å². The molecule has 0 atom stereocenters. The molecular formula is C19H26O3. The van der Waals surface area contributed by atoms with Crippen LogP contribution in [0.2, 0.25) is 0 Å². The SMILES string of the molecule is CCCc1cc(O)c(OC23CC4CC(CC(C4)C2)C3)c(O)c1. The monoisotopic (exact) mass is 302 g/mol. The lowest BCUT2D eigenvalue weighted by Crippen LogP contribution is -2.53. The Balaban J connectivity index is 1.61. The van der Waals surface area contributed by atoms with Crippen LogP contribution in [0.1, 0.15) is 57.4 Å². The van der Waals surface area contributed by atoms with E-state index in [0.29, 0.717) is 5.75 Å². The standard InChI is InChI=1S/C19H26O3/c1-2-3-12-7-16(20)18(17(21)8-12)22-19-9-13-4-14(10-19)6-15(5-13)11-19/h7-8,13-15,20-21H,2-6,9-11H2,1H3. The summed E-state index contributed by atoms with van der Waals surface area (Å²) in [6.45, 7) is 2.09. The molecule has 1 aromatic carbocycles. The van der Waals surface area contributed by atoms with Crippen LogP contribution in [0.25, 0.3) is 0 Å². The largest absolute Gasteiger partial charge is 0.504 e. The molecule has 3 heteroatoms. The third-order valence-corrected chi connectivity index (χ3v) is 5.95. The van der Waals surface area contributed by atoms with Gasteiger partial charge in [0.1, 0.15) is 5.60 Å². The van der Waals surface area contributed by atoms with Gasteiger partial charge in [0, 0.05) is 0 Å². The van der Waals surface area contributed by atoms with Gasteiger partial charge in [-0.15, -0.1) is 0 Å². The van der Waals surface area contributed by atoms with E-state index < -0.39 is 0 Å². The van der Waals surface area contributed by atoms with Gasteiger partial charge in [-0.05, 0) is 80.4 Å². The minimum Gasteiger partial charge on any atom is -0.504 e. The minimum absolute atomic E-state index is 0.0965. The Morgan fingerprint density at radius 3 is 1.95 bits per heavy atom. The Labute approximate surface area is 132 Å². The summed E-state index contributed by atoms with van der Waals surface area (Å²) in [6.07, 6.45) is 9.20. The zero-order valence-corrected chi connectivity index (χ0v) is 13.3. The summed E-state index contributed by atoms with van der Waals surface area (Å²) in [7, 11) is 0. The molecule has 5 rings (SSSR count). The molecule has 0 heterocycles. The average molecular weight is 302 g/mol. The summed E-state index contributed by atoms with van der Waals surface area (Å²) in [6, 6.07) is 3.50. The molecule has 0 saturated heterocycles. The van der Waals surface area contributed by atoms with Gasteiger partial charge in [-0.2, -0.15) is 0 Å². The number of ether oxygens (including phenoxy) is 1. The van der Waals surface area contributed by atoms with Crippen molar-refractivity contribution in [2.24, 2.45) is 17.8 Å². The zero-order chi connectivity index (χ0) is 15.3. The molecule has 4 saturated carbocycles. The van der Waals surface area contributed by atoms with E-state index in [2.05, 4.69) is 6.92 Å². The fraction of sp³-hybridized carbons (Fsp3) is 0.684. The second-order valence-corrected chi connectivity index (χ2v) is 7.92. The van der Waals surface area contributed by atoms with Crippen molar-refractivity contribution in [1.82, 2.24) is 0 Å². The number of rotatable bonds is 4. The highest BCUT2D eigenvalue weighted by Crippen LogP contribution is 2.58. The molecule has 120 valence electrons. The summed E-state index contributed by atoms with van der Waals surface area (Å²) >= 11 is 0. The quantitative estimate of drug-likeness (QED) is 0.866. The van der Waals surface area contributed by atoms with Gasteiger partial charge in [-0.25, -0.2) is 0 Å². The Kier molecular flexibility index (Phi) is 3.28. The van der Waals surface area contributed by atoms with Crippen LogP contribution >= 0.6 is 0 Å². The Morgan fingerprint density at radius 2 is 1.50 bits per heavy atom. The molecule has 3 nitrogen and oxygen atoms in total. The van der Waals surface area contributed by atoms with E-state index in [1.54, 1.807) is 12.1 Å². The van der Waals surface area contributed by atoms with Crippen LogP contribution < -0.4 is 4.74 Å². The zero-order valence-electron chi connectivity index (χ0n) is 13.3. The first-order valence-electron chi connectivity index (χ1n) is 8.81. The fourth-order valence-electron chi connectivity index (χ4n) is 5.57. The molecule has 0 unspecified atom stereocenters. The summed E-state index contributed by atoms with van der Waals surface area (Å²) in [5, 5.41) is 20.6. The van der Waals surface area contributed by atoms with E-state index in [9.17, 15) is 10.2 Å². The molecule has 0 spiro atoms. The molecule has 2 N–H and O–H groups in total. The van der Waals surface area contributed by atoms with Gasteiger partial charge in [-0.3, -0.25) is 0 Å². The van der Waals surface area contributed by atoms with Crippen LogP contribution in [-0.2, 0) is 6.42 Å². The molecule has 22 heavy (non-hydrogen) atoms. The summed E-state index contributed by atoms with van der Waals surface area (Å²) in [5.74, 6) is 2.86. The van der Waals surface area contributed by atoms with Crippen molar-refractivity contribution in [3.8, 4) is 17.2 Å². The Hall–Kier alpha value is -1.38. The maximum Gasteiger partial charge on any atom is 0.203 e. The highest BCUT2D eigenvalue weighted by Gasteiger charge is 2.53. The first-order chi connectivity index (χ1) is 10.6. The molecule has 1 aromatic rings. The third-order valence-electron chi connectivity index (χ3n) is 5.95. The number of benzene rings is 1. The summed E-state index contributed by atoms with van der Waals surface area (Å²) in [5.41, 5.74) is 0.825. The van der Waals surface area contributed by atoms with Gasteiger partial charge in [0.25, 0.3) is 0 Å². The van der Waals surface area contributed by atoms with Gasteiger partial charge >= 0.3 is 0 Å². The summed E-state index contributed by atoms with van der Waals surface area (Å²) in [4.78, 5) is 0. The highest BCUT2D eigenvalue weighted by atomic mass is 16.5. The van der Waals surface area contributed by atoms with E-state index >= 15 is 0 Å². The van der Waals surface area contributed by atoms with Gasteiger partial charge in [0.05, 0.1) is 0 Å². The van der Waals surface area contributed by atoms with Crippen LogP contribution in [0.3, 0.4) is 0 Å². The molecule has 0 amide bonds. The first-order valence-corrected chi connectivity index (χ1v) is 8.81. The number of aromatic hydroxyl groups is 2. The predicted octanol–water partition coefficient (Wildman–Crippen LogP) is 4.40. The Morgan fingerprint density at radius 1 is 1.00 bits per heavy atom. The lowest BCUT2D eigenvalue weighted by Gasteiger charge is -2.56. The maximum absolute atomic E-state index is 10.3. The number of phenolic OH excluding ortho intramolecular Hbond substituents is 2. The predicted molar refractivity (Wildman–Crippen MR) is 85.3 cm³/mol. The molecule has 4 aliphatic rings. The smallest absolute Gasteiger partial charge is 0.203 e. The van der Waals surface area contributed by atoms with Crippen molar-refractivity contribution in [1.29, 1.82) is 0 Å². The number of aryl methyl sites for hydroxylation is 1. The van der Waals surface area contributed by atoms with Crippen molar-refractivity contribution >= 4 is 0 Å². The Bertz CT molecular complexity index is 520. The van der Waals surface area contributed by atoms with Gasteiger partial charge in [0.2, 0.25) is 5.75 Å². The number of hydrogen-bond acceptors (Lipinski definition) is 3. The number of phenols is 2. The van der Waals surface area contributed by atoms with Crippen molar-refractivity contribution in [3.63, 3.8) is 0 Å². The van der Waals surface area contributed by atoms with E-state index in [1.807, 2.05) is 0 Å². The molecule has 0 aromatic heterocycles. The lowest BCUT2D eigenvalue weighted by atomic mass is 9.54. The maximum atomic E-state index is 10.3. The molecular weight excluding hydrogens is 276 g/mol. The van der Waals surface area contributed by atoms with Crippen LogP contribution in [0, 0.1) is 17.8 Å². The van der Waals surface area contributed by atoms with Gasteiger partial charge in [0.15, 0.2) is 11.5 Å². The second-order valence-electron chi connectivity index (χ2n) is 7.92. The molecule has 4 fully saturated rings. The minimum atomic E-state index is -0.143. The van der Waals surface area contributed by atoms with Crippen molar-refractivity contribution in [3.05, 3.63) is 17.7 Å². The van der Waals surface area contributed by atoms with E-state index in [4.69, 9.17) is 4.74 Å². The van der Waals surface area contributed by atoms with Crippen LogP contribution in [0.4, 0.5) is 0 Å². The van der Waals surface area contributed by atoms with Crippen LogP contribution in [0.15, 0.2) is 12.1 Å². The molecule has 4 aliphatic carbocycles. The normalized spacial score (nSPS) is 35.8. The first kappa shape index (κ1) is 14.2. The molecule has 0 aliphatic heterocycles. The van der Waals surface area contributed by atoms with Crippen LogP contribution in [-0.4, -0.2) is 15.8 Å². The van der Waals surface area contributed by atoms with E-state index in [0.717, 1.165) is 55.4 Å². The summed E-state index contributed by atoms with van der Waals surface area (Å²) < 4.78 is 6.31. The lowest BCUT2D eigenvalue weighted by molar-refractivity contribution is -0.109. The highest BCUT2D eigenvalue weighted by molar-refractivity contribution is 5.52. The van der Waals surface area contributed by atoms with Gasteiger partial charge in [-0.1, -0.05) is 13.3 Å². The molecule has 4 bridgehead atoms. The van der Waals surface area contributed by atoms with Crippen molar-refractivity contribution in [2.45, 2.75) is 63.9 Å².